The molecule has 1 saturated heterocycles. The number of urea groups is 1. The van der Waals surface area contributed by atoms with Crippen LogP contribution >= 0.6 is 11.3 Å². The van der Waals surface area contributed by atoms with Crippen LogP contribution in [0.4, 0.5) is 4.79 Å². The molecule has 1 aliphatic rings. The average molecular weight is 415 g/mol. The minimum atomic E-state index is -0.782. The van der Waals surface area contributed by atoms with Crippen molar-refractivity contribution in [2.24, 2.45) is 0 Å². The monoisotopic (exact) mass is 415 g/mol. The molecule has 2 aromatic rings. The SMILES string of the molecule is CNC(=O)c1ccc(C[NH+](C)CN2C(=O)C(=O)N(CCc3cccs3)C2=O)cc1. The molecule has 0 bridgehead atoms. The number of carbonyl (C=O) groups excluding carboxylic acids is 4. The second-order valence-corrected chi connectivity index (χ2v) is 7.90. The molecule has 3 rings (SSSR count). The first-order valence-electron chi connectivity index (χ1n) is 9.22. The summed E-state index contributed by atoms with van der Waals surface area (Å²) in [4.78, 5) is 52.6. The molecule has 8 nitrogen and oxygen atoms in total. The Morgan fingerprint density at radius 3 is 2.38 bits per heavy atom. The summed E-state index contributed by atoms with van der Waals surface area (Å²) in [6, 6.07) is 10.4. The van der Waals surface area contributed by atoms with Gasteiger partial charge in [0, 0.05) is 36.0 Å². The molecule has 9 heteroatoms. The maximum atomic E-state index is 12.6. The van der Waals surface area contributed by atoms with Gasteiger partial charge in [-0.3, -0.25) is 19.3 Å². The standard InChI is InChI=1S/C20H22N4O4S/c1-21-17(25)15-7-5-14(6-8-15)12-22(2)13-24-19(27)18(26)23(20(24)28)10-9-16-4-3-11-29-16/h3-8,11H,9-10,12-13H2,1-2H3,(H,21,25)/p+1. The predicted molar refractivity (Wildman–Crippen MR) is 107 cm³/mol. The van der Waals surface area contributed by atoms with Crippen molar-refractivity contribution in [2.45, 2.75) is 13.0 Å². The van der Waals surface area contributed by atoms with Crippen LogP contribution < -0.4 is 10.2 Å². The maximum absolute atomic E-state index is 12.6. The van der Waals surface area contributed by atoms with Crippen LogP contribution in [0.15, 0.2) is 41.8 Å². The van der Waals surface area contributed by atoms with Gasteiger partial charge in [-0.2, -0.15) is 0 Å². The molecule has 1 aromatic heterocycles. The predicted octanol–water partition coefficient (Wildman–Crippen LogP) is 0.113. The minimum absolute atomic E-state index is 0.0934. The first-order valence-corrected chi connectivity index (χ1v) is 10.1. The van der Waals surface area contributed by atoms with Gasteiger partial charge < -0.3 is 10.2 Å². The van der Waals surface area contributed by atoms with Gasteiger partial charge in [-0.25, -0.2) is 9.69 Å². The Hall–Kier alpha value is -3.04. The van der Waals surface area contributed by atoms with Crippen molar-refractivity contribution in [2.75, 3.05) is 27.3 Å². The van der Waals surface area contributed by atoms with E-state index in [2.05, 4.69) is 5.32 Å². The molecular formula is C20H23N4O4S+. The molecule has 1 aromatic carbocycles. The Balaban J connectivity index is 1.58. The lowest BCUT2D eigenvalue weighted by molar-refractivity contribution is -0.901. The number of hydrogen-bond acceptors (Lipinski definition) is 5. The summed E-state index contributed by atoms with van der Waals surface area (Å²) in [7, 11) is 3.41. The lowest BCUT2D eigenvalue weighted by Crippen LogP contribution is -3.09. The van der Waals surface area contributed by atoms with E-state index in [0.717, 1.165) is 25.1 Å². The molecule has 0 radical (unpaired) electrons. The van der Waals surface area contributed by atoms with E-state index in [1.165, 1.54) is 0 Å². The van der Waals surface area contributed by atoms with Crippen LogP contribution in [0.5, 0.6) is 0 Å². The summed E-state index contributed by atoms with van der Waals surface area (Å²) >= 11 is 1.55. The van der Waals surface area contributed by atoms with Crippen LogP contribution in [0.1, 0.15) is 20.8 Å². The van der Waals surface area contributed by atoms with Crippen LogP contribution in [0.25, 0.3) is 0 Å². The van der Waals surface area contributed by atoms with Crippen molar-refractivity contribution < 1.29 is 24.1 Å². The molecule has 1 atom stereocenters. The zero-order valence-corrected chi connectivity index (χ0v) is 17.1. The summed E-state index contributed by atoms with van der Waals surface area (Å²) < 4.78 is 0. The third kappa shape index (κ3) is 4.69. The Morgan fingerprint density at radius 2 is 1.76 bits per heavy atom. The van der Waals surface area contributed by atoms with Gasteiger partial charge in [-0.05, 0) is 23.6 Å². The molecule has 2 N–H and O–H groups in total. The second-order valence-electron chi connectivity index (χ2n) is 6.87. The van der Waals surface area contributed by atoms with E-state index in [1.54, 1.807) is 30.5 Å². The number of nitrogens with one attached hydrogen (secondary N) is 2. The first-order chi connectivity index (χ1) is 13.9. The number of quaternary nitrogens is 1. The van der Waals surface area contributed by atoms with Gasteiger partial charge in [0.15, 0.2) is 6.67 Å². The molecular weight excluding hydrogens is 392 g/mol. The summed E-state index contributed by atoms with van der Waals surface area (Å²) in [5.41, 5.74) is 1.51. The summed E-state index contributed by atoms with van der Waals surface area (Å²) in [5.74, 6) is -1.71. The smallest absolute Gasteiger partial charge is 0.338 e. The zero-order valence-electron chi connectivity index (χ0n) is 16.3. The van der Waals surface area contributed by atoms with Crippen LogP contribution in [-0.4, -0.2) is 60.9 Å². The average Bonchev–Trinajstić information content (AvgIpc) is 3.30. The second kappa shape index (κ2) is 8.97. The molecule has 2 heterocycles. The Labute approximate surface area is 172 Å². The Kier molecular flexibility index (Phi) is 6.40. The molecule has 5 amide bonds. The molecule has 152 valence electrons. The summed E-state index contributed by atoms with van der Waals surface area (Å²) in [5, 5.41) is 4.50. The number of nitrogens with zero attached hydrogens (tertiary/aromatic N) is 2. The van der Waals surface area contributed by atoms with Gasteiger partial charge in [0.05, 0.1) is 7.05 Å². The maximum Gasteiger partial charge on any atom is 0.338 e. The van der Waals surface area contributed by atoms with Crippen LogP contribution in [0.3, 0.4) is 0 Å². The van der Waals surface area contributed by atoms with Crippen molar-refractivity contribution in [3.8, 4) is 0 Å². The molecule has 1 aliphatic heterocycles. The van der Waals surface area contributed by atoms with Crippen molar-refractivity contribution in [1.29, 1.82) is 0 Å². The van der Waals surface area contributed by atoms with E-state index in [4.69, 9.17) is 0 Å². The van der Waals surface area contributed by atoms with Crippen molar-refractivity contribution in [1.82, 2.24) is 15.1 Å². The van der Waals surface area contributed by atoms with Gasteiger partial charge in [0.2, 0.25) is 0 Å². The normalized spacial score (nSPS) is 15.2. The summed E-state index contributed by atoms with van der Waals surface area (Å²) in [6.07, 6.45) is 0.538. The molecule has 0 saturated carbocycles. The van der Waals surface area contributed by atoms with Gasteiger partial charge >= 0.3 is 17.8 Å². The highest BCUT2D eigenvalue weighted by molar-refractivity contribution is 7.09. The number of amides is 5. The topological polar surface area (TPSA) is 91.2 Å². The summed E-state index contributed by atoms with van der Waals surface area (Å²) in [6.45, 7) is 0.824. The number of thiophene rings is 1. The third-order valence-electron chi connectivity index (χ3n) is 4.67. The highest BCUT2D eigenvalue weighted by Gasteiger charge is 2.45. The van der Waals surface area contributed by atoms with E-state index in [1.807, 2.05) is 36.7 Å². The number of carbonyl (C=O) groups is 4. The number of rotatable bonds is 8. The molecule has 29 heavy (non-hydrogen) atoms. The van der Waals surface area contributed by atoms with E-state index < -0.39 is 17.8 Å². The molecule has 1 fully saturated rings. The largest absolute Gasteiger partial charge is 0.355 e. The lowest BCUT2D eigenvalue weighted by atomic mass is 10.1. The fourth-order valence-electron chi connectivity index (χ4n) is 3.16. The zero-order chi connectivity index (χ0) is 21.0. The van der Waals surface area contributed by atoms with Gasteiger partial charge in [0.1, 0.15) is 6.54 Å². The van der Waals surface area contributed by atoms with Crippen molar-refractivity contribution >= 4 is 35.1 Å². The number of hydrogen-bond donors (Lipinski definition) is 2. The van der Waals surface area contributed by atoms with Crippen molar-refractivity contribution in [3.63, 3.8) is 0 Å². The first kappa shape index (κ1) is 20.7. The lowest BCUT2D eigenvalue weighted by Gasteiger charge is -2.20. The fraction of sp³-hybridized carbons (Fsp3) is 0.300. The highest BCUT2D eigenvalue weighted by Crippen LogP contribution is 2.14. The van der Waals surface area contributed by atoms with E-state index in [0.29, 0.717) is 18.5 Å². The Bertz CT molecular complexity index is 911. The Morgan fingerprint density at radius 1 is 1.07 bits per heavy atom. The number of imide groups is 2. The van der Waals surface area contributed by atoms with Crippen molar-refractivity contribution in [3.05, 3.63) is 57.8 Å². The molecule has 1 unspecified atom stereocenters. The fourth-order valence-corrected chi connectivity index (χ4v) is 3.85. The highest BCUT2D eigenvalue weighted by atomic mass is 32.1. The van der Waals surface area contributed by atoms with Gasteiger partial charge in [-0.15, -0.1) is 11.3 Å². The molecule has 0 spiro atoms. The van der Waals surface area contributed by atoms with Gasteiger partial charge in [-0.1, -0.05) is 18.2 Å². The van der Waals surface area contributed by atoms with E-state index in [-0.39, 0.29) is 19.1 Å². The van der Waals surface area contributed by atoms with Gasteiger partial charge in [0.25, 0.3) is 5.91 Å². The van der Waals surface area contributed by atoms with Crippen LogP contribution in [0.2, 0.25) is 0 Å². The minimum Gasteiger partial charge on any atom is -0.355 e. The van der Waals surface area contributed by atoms with E-state index >= 15 is 0 Å². The molecule has 0 aliphatic carbocycles. The van der Waals surface area contributed by atoms with E-state index in [9.17, 15) is 19.2 Å². The van der Waals surface area contributed by atoms with Crippen LogP contribution in [-0.2, 0) is 22.6 Å². The number of benzene rings is 1. The third-order valence-corrected chi connectivity index (χ3v) is 5.61. The quantitative estimate of drug-likeness (QED) is 0.473. The van der Waals surface area contributed by atoms with Crippen LogP contribution in [0, 0.1) is 0 Å².